The van der Waals surface area contributed by atoms with Gasteiger partial charge in [-0.1, -0.05) is 18.5 Å². The molecule has 0 aliphatic rings. The summed E-state index contributed by atoms with van der Waals surface area (Å²) in [6.45, 7) is 4.71. The smallest absolute Gasteiger partial charge is 0.258 e. The van der Waals surface area contributed by atoms with Crippen LogP contribution < -0.4 is 5.56 Å². The van der Waals surface area contributed by atoms with Crippen molar-refractivity contribution in [3.05, 3.63) is 87.2 Å². The lowest BCUT2D eigenvalue weighted by Gasteiger charge is -2.22. The Kier molecular flexibility index (Phi) is 5.86. The van der Waals surface area contributed by atoms with E-state index >= 15 is 0 Å². The van der Waals surface area contributed by atoms with E-state index in [-0.39, 0.29) is 18.0 Å². The molecule has 0 saturated carbocycles. The number of halogens is 1. The van der Waals surface area contributed by atoms with Gasteiger partial charge >= 0.3 is 0 Å². The van der Waals surface area contributed by atoms with Gasteiger partial charge in [0.2, 0.25) is 0 Å². The van der Waals surface area contributed by atoms with Gasteiger partial charge in [0.1, 0.15) is 5.82 Å². The number of aromatic amines is 1. The van der Waals surface area contributed by atoms with Gasteiger partial charge in [-0.05, 0) is 61.4 Å². The van der Waals surface area contributed by atoms with Gasteiger partial charge in [-0.2, -0.15) is 5.10 Å². The summed E-state index contributed by atoms with van der Waals surface area (Å²) in [5.41, 5.74) is 2.76. The number of nitrogens with one attached hydrogen (secondary N) is 1. The molecule has 0 radical (unpaired) electrons. The number of nitrogens with zero attached hydrogens (tertiary/aromatic N) is 4. The number of rotatable bonds is 6. The Hall–Kier alpha value is -3.45. The molecule has 0 unspecified atom stereocenters. The molecule has 1 amide bonds. The van der Waals surface area contributed by atoms with Crippen molar-refractivity contribution in [2.75, 3.05) is 6.54 Å². The second kappa shape index (κ2) is 8.73. The zero-order valence-corrected chi connectivity index (χ0v) is 18.1. The summed E-state index contributed by atoms with van der Waals surface area (Å²) >= 11 is 6.04. The number of hydrogen-bond acceptors (Lipinski definition) is 4. The van der Waals surface area contributed by atoms with E-state index in [4.69, 9.17) is 11.6 Å². The molecule has 1 N–H and O–H groups in total. The summed E-state index contributed by atoms with van der Waals surface area (Å²) in [6, 6.07) is 12.2. The third-order valence-electron chi connectivity index (χ3n) is 4.93. The Labute approximate surface area is 184 Å². The molecule has 0 spiro atoms. The van der Waals surface area contributed by atoms with Crippen molar-refractivity contribution in [1.29, 1.82) is 0 Å². The molecule has 31 heavy (non-hydrogen) atoms. The zero-order valence-electron chi connectivity index (χ0n) is 17.3. The molecule has 2 aromatic carbocycles. The van der Waals surface area contributed by atoms with E-state index in [2.05, 4.69) is 15.1 Å². The van der Waals surface area contributed by atoms with Crippen LogP contribution in [0.4, 0.5) is 0 Å². The molecule has 0 saturated heterocycles. The van der Waals surface area contributed by atoms with Crippen LogP contribution in [0.1, 0.15) is 35.1 Å². The second-order valence-corrected chi connectivity index (χ2v) is 7.85. The number of H-pyrrole nitrogens is 1. The van der Waals surface area contributed by atoms with Gasteiger partial charge in [-0.15, -0.1) is 0 Å². The quantitative estimate of drug-likeness (QED) is 0.493. The van der Waals surface area contributed by atoms with Crippen LogP contribution >= 0.6 is 11.6 Å². The number of fused-ring (bicyclic) bond motifs is 1. The van der Waals surface area contributed by atoms with Gasteiger partial charge < -0.3 is 9.88 Å². The normalized spacial score (nSPS) is 11.1. The molecule has 0 fully saturated rings. The lowest BCUT2D eigenvalue weighted by Crippen LogP contribution is -2.32. The number of benzene rings is 2. The second-order valence-electron chi connectivity index (χ2n) is 7.41. The predicted octanol–water partition coefficient (Wildman–Crippen LogP) is 4.12. The Balaban J connectivity index is 1.59. The molecule has 0 aliphatic heterocycles. The minimum atomic E-state index is -0.251. The molecule has 0 atom stereocenters. The molecular formula is C23H22ClN5O2. The van der Waals surface area contributed by atoms with Gasteiger partial charge in [-0.3, -0.25) is 9.59 Å². The lowest BCUT2D eigenvalue weighted by molar-refractivity contribution is 0.0739. The van der Waals surface area contributed by atoms with Crippen LogP contribution in [-0.2, 0) is 6.54 Å². The fourth-order valence-corrected chi connectivity index (χ4v) is 3.60. The maximum atomic E-state index is 13.2. The molecule has 7 nitrogen and oxygen atoms in total. The predicted molar refractivity (Wildman–Crippen MR) is 121 cm³/mol. The van der Waals surface area contributed by atoms with Crippen LogP contribution in [0.25, 0.3) is 16.6 Å². The Bertz CT molecular complexity index is 1290. The average Bonchev–Trinajstić information content (AvgIpc) is 3.19. The number of carbonyl (C=O) groups is 1. The summed E-state index contributed by atoms with van der Waals surface area (Å²) < 4.78 is 1.77. The molecule has 2 heterocycles. The monoisotopic (exact) mass is 435 g/mol. The summed E-state index contributed by atoms with van der Waals surface area (Å²) in [6.07, 6.45) is 4.49. The van der Waals surface area contributed by atoms with Crippen molar-refractivity contribution in [3.63, 3.8) is 0 Å². The van der Waals surface area contributed by atoms with Gasteiger partial charge in [0, 0.05) is 23.3 Å². The molecular weight excluding hydrogens is 414 g/mol. The molecule has 4 rings (SSSR count). The Morgan fingerprint density at radius 3 is 2.65 bits per heavy atom. The largest absolute Gasteiger partial charge is 0.331 e. The average molecular weight is 436 g/mol. The van der Waals surface area contributed by atoms with E-state index in [9.17, 15) is 9.59 Å². The number of aryl methyl sites for hydroxylation is 1. The third kappa shape index (κ3) is 4.51. The summed E-state index contributed by atoms with van der Waals surface area (Å²) in [4.78, 5) is 34.5. The lowest BCUT2D eigenvalue weighted by atomic mass is 10.1. The number of amides is 1. The zero-order chi connectivity index (χ0) is 22.0. The minimum absolute atomic E-state index is 0.126. The number of carbonyl (C=O) groups excluding carboxylic acids is 1. The fraction of sp³-hybridized carbons (Fsp3) is 0.217. The van der Waals surface area contributed by atoms with Gasteiger partial charge in [0.05, 0.1) is 29.3 Å². The minimum Gasteiger partial charge on any atom is -0.331 e. The fourth-order valence-electron chi connectivity index (χ4n) is 3.43. The van der Waals surface area contributed by atoms with Crippen molar-refractivity contribution in [2.24, 2.45) is 0 Å². The maximum Gasteiger partial charge on any atom is 0.258 e. The van der Waals surface area contributed by atoms with E-state index < -0.39 is 0 Å². The van der Waals surface area contributed by atoms with Crippen molar-refractivity contribution >= 4 is 28.4 Å². The van der Waals surface area contributed by atoms with E-state index in [1.165, 1.54) is 0 Å². The van der Waals surface area contributed by atoms with Crippen molar-refractivity contribution in [2.45, 2.75) is 26.8 Å². The van der Waals surface area contributed by atoms with E-state index in [1.807, 2.05) is 32.2 Å². The summed E-state index contributed by atoms with van der Waals surface area (Å²) in [5, 5.41) is 5.26. The van der Waals surface area contributed by atoms with Crippen molar-refractivity contribution in [1.82, 2.24) is 24.6 Å². The van der Waals surface area contributed by atoms with Crippen LogP contribution in [0.15, 0.2) is 59.7 Å². The van der Waals surface area contributed by atoms with Gasteiger partial charge in [0.15, 0.2) is 0 Å². The third-order valence-corrected chi connectivity index (χ3v) is 5.16. The van der Waals surface area contributed by atoms with Crippen LogP contribution in [0.5, 0.6) is 0 Å². The van der Waals surface area contributed by atoms with E-state index in [0.29, 0.717) is 33.9 Å². The summed E-state index contributed by atoms with van der Waals surface area (Å²) in [5.74, 6) is 0.295. The van der Waals surface area contributed by atoms with Crippen molar-refractivity contribution in [3.8, 4) is 5.69 Å². The maximum absolute atomic E-state index is 13.2. The van der Waals surface area contributed by atoms with Crippen molar-refractivity contribution < 1.29 is 4.79 Å². The first-order valence-electron chi connectivity index (χ1n) is 10.0. The van der Waals surface area contributed by atoms with E-state index in [1.54, 1.807) is 46.1 Å². The topological polar surface area (TPSA) is 83.9 Å². The highest BCUT2D eigenvalue weighted by molar-refractivity contribution is 6.31. The van der Waals surface area contributed by atoms with Crippen LogP contribution in [0.2, 0.25) is 5.02 Å². The first kappa shape index (κ1) is 20.8. The first-order valence-corrected chi connectivity index (χ1v) is 10.4. The molecule has 0 bridgehead atoms. The molecule has 2 aromatic heterocycles. The number of hydrogen-bond donors (Lipinski definition) is 1. The van der Waals surface area contributed by atoms with E-state index in [0.717, 1.165) is 17.7 Å². The summed E-state index contributed by atoms with van der Waals surface area (Å²) in [7, 11) is 0. The van der Waals surface area contributed by atoms with Crippen LogP contribution in [0, 0.1) is 6.92 Å². The number of aromatic nitrogens is 4. The Morgan fingerprint density at radius 2 is 1.97 bits per heavy atom. The highest BCUT2D eigenvalue weighted by Crippen LogP contribution is 2.16. The molecule has 158 valence electrons. The van der Waals surface area contributed by atoms with Crippen LogP contribution in [0.3, 0.4) is 0 Å². The highest BCUT2D eigenvalue weighted by Gasteiger charge is 2.17. The SMILES string of the molecule is CCCN(Cc1nc2cc(Cl)ccc2c(=O)[nH]1)C(=O)c1ccc(-n2cc(C)cn2)cc1. The molecule has 4 aromatic rings. The Morgan fingerprint density at radius 1 is 1.19 bits per heavy atom. The standard InChI is InChI=1S/C23H22ClN5O2/c1-3-10-28(14-21-26-20-11-17(24)6-9-19(20)22(30)27-21)23(31)16-4-7-18(8-5-16)29-13-15(2)12-25-29/h4-9,11-13H,3,10,14H2,1-2H3,(H,26,27,30). The molecule has 8 heteroatoms. The molecule has 0 aliphatic carbocycles. The van der Waals surface area contributed by atoms with Crippen LogP contribution in [-0.4, -0.2) is 37.1 Å². The van der Waals surface area contributed by atoms with Gasteiger partial charge in [-0.25, -0.2) is 9.67 Å². The highest BCUT2D eigenvalue weighted by atomic mass is 35.5. The first-order chi connectivity index (χ1) is 14.9. The van der Waals surface area contributed by atoms with Gasteiger partial charge in [0.25, 0.3) is 11.5 Å².